The average molecular weight is 400 g/mol. The average Bonchev–Trinajstić information content (AvgIpc) is 3.22. The molecule has 28 heavy (non-hydrogen) atoms. The lowest BCUT2D eigenvalue weighted by atomic mass is 10.1. The minimum absolute atomic E-state index is 0.0993. The molecule has 0 aliphatic heterocycles. The van der Waals surface area contributed by atoms with E-state index in [9.17, 15) is 4.79 Å². The molecule has 0 atom stereocenters. The molecule has 0 unspecified atom stereocenters. The van der Waals surface area contributed by atoms with Crippen molar-refractivity contribution < 1.29 is 4.79 Å². The van der Waals surface area contributed by atoms with E-state index in [1.807, 2.05) is 31.8 Å². The molecule has 0 N–H and O–H groups in total. The van der Waals surface area contributed by atoms with Crippen LogP contribution in [0.2, 0.25) is 0 Å². The van der Waals surface area contributed by atoms with E-state index in [1.54, 1.807) is 16.2 Å². The van der Waals surface area contributed by atoms with Gasteiger partial charge in [0.2, 0.25) is 0 Å². The lowest BCUT2D eigenvalue weighted by Gasteiger charge is -2.21. The second kappa shape index (κ2) is 8.01. The SMILES string of the molecule is Cc1ccc2sc(N(CCN(C)C)C(=O)c3cc(C)n(C(C)C)n3)nc2c1C. The van der Waals surface area contributed by atoms with Gasteiger partial charge in [0, 0.05) is 24.8 Å². The summed E-state index contributed by atoms with van der Waals surface area (Å²) >= 11 is 1.56. The van der Waals surface area contributed by atoms with Crippen LogP contribution in [0.4, 0.5) is 5.13 Å². The molecule has 3 aromatic rings. The molecule has 0 saturated carbocycles. The van der Waals surface area contributed by atoms with Crippen molar-refractivity contribution in [3.8, 4) is 0 Å². The van der Waals surface area contributed by atoms with E-state index >= 15 is 0 Å². The van der Waals surface area contributed by atoms with Gasteiger partial charge in [-0.05, 0) is 72.0 Å². The highest BCUT2D eigenvalue weighted by Crippen LogP contribution is 2.32. The maximum absolute atomic E-state index is 13.4. The summed E-state index contributed by atoms with van der Waals surface area (Å²) in [6.45, 7) is 11.6. The number of amides is 1. The first-order valence-electron chi connectivity index (χ1n) is 9.58. The Hall–Kier alpha value is -2.25. The molecular weight excluding hydrogens is 370 g/mol. The minimum atomic E-state index is -0.0993. The molecule has 0 bridgehead atoms. The second-order valence-electron chi connectivity index (χ2n) is 7.82. The predicted molar refractivity (Wildman–Crippen MR) is 117 cm³/mol. The number of aromatic nitrogens is 3. The Balaban J connectivity index is 2.02. The summed E-state index contributed by atoms with van der Waals surface area (Å²) in [7, 11) is 4.01. The monoisotopic (exact) mass is 399 g/mol. The number of hydrogen-bond acceptors (Lipinski definition) is 5. The zero-order valence-corrected chi connectivity index (χ0v) is 18.6. The van der Waals surface area contributed by atoms with Crippen LogP contribution in [-0.2, 0) is 0 Å². The molecule has 2 aromatic heterocycles. The molecule has 0 radical (unpaired) electrons. The fraction of sp³-hybridized carbons (Fsp3) is 0.476. The zero-order chi connectivity index (χ0) is 20.6. The van der Waals surface area contributed by atoms with Gasteiger partial charge in [0.25, 0.3) is 5.91 Å². The number of thiazole rings is 1. The van der Waals surface area contributed by atoms with Gasteiger partial charge >= 0.3 is 0 Å². The largest absolute Gasteiger partial charge is 0.308 e. The Morgan fingerprint density at radius 1 is 1.18 bits per heavy atom. The fourth-order valence-electron chi connectivity index (χ4n) is 3.17. The minimum Gasteiger partial charge on any atom is -0.308 e. The third-order valence-corrected chi connectivity index (χ3v) is 5.99. The van der Waals surface area contributed by atoms with E-state index in [-0.39, 0.29) is 11.9 Å². The number of anilines is 1. The van der Waals surface area contributed by atoms with E-state index in [0.29, 0.717) is 12.2 Å². The molecule has 0 saturated heterocycles. The summed E-state index contributed by atoms with van der Waals surface area (Å²) in [6.07, 6.45) is 0. The quantitative estimate of drug-likeness (QED) is 0.623. The summed E-state index contributed by atoms with van der Waals surface area (Å²) in [5.74, 6) is -0.0993. The van der Waals surface area contributed by atoms with Gasteiger partial charge in [0.1, 0.15) is 0 Å². The van der Waals surface area contributed by atoms with Gasteiger partial charge in [-0.3, -0.25) is 14.4 Å². The van der Waals surface area contributed by atoms with Crippen molar-refractivity contribution in [3.63, 3.8) is 0 Å². The Morgan fingerprint density at radius 2 is 1.89 bits per heavy atom. The summed E-state index contributed by atoms with van der Waals surface area (Å²) in [5, 5.41) is 5.29. The highest BCUT2D eigenvalue weighted by molar-refractivity contribution is 7.22. The van der Waals surface area contributed by atoms with Gasteiger partial charge in [-0.2, -0.15) is 5.10 Å². The van der Waals surface area contributed by atoms with Crippen LogP contribution in [0.3, 0.4) is 0 Å². The molecule has 150 valence electrons. The first-order valence-corrected chi connectivity index (χ1v) is 10.4. The van der Waals surface area contributed by atoms with Gasteiger partial charge in [-0.1, -0.05) is 17.4 Å². The zero-order valence-electron chi connectivity index (χ0n) is 17.8. The second-order valence-corrected chi connectivity index (χ2v) is 8.83. The Morgan fingerprint density at radius 3 is 2.50 bits per heavy atom. The number of likely N-dealkylation sites (N-methyl/N-ethyl adjacent to an activating group) is 1. The van der Waals surface area contributed by atoms with Crippen molar-refractivity contribution in [1.82, 2.24) is 19.7 Å². The van der Waals surface area contributed by atoms with E-state index in [0.717, 1.165) is 27.6 Å². The predicted octanol–water partition coefficient (Wildman–Crippen LogP) is 4.21. The number of aryl methyl sites for hydroxylation is 3. The van der Waals surface area contributed by atoms with Crippen LogP contribution in [-0.4, -0.2) is 52.8 Å². The number of rotatable bonds is 6. The van der Waals surface area contributed by atoms with Gasteiger partial charge in [0.15, 0.2) is 10.8 Å². The van der Waals surface area contributed by atoms with E-state index < -0.39 is 0 Å². The normalized spacial score (nSPS) is 11.8. The van der Waals surface area contributed by atoms with E-state index in [2.05, 4.69) is 49.8 Å². The molecule has 1 aromatic carbocycles. The lowest BCUT2D eigenvalue weighted by Crippen LogP contribution is -2.37. The summed E-state index contributed by atoms with van der Waals surface area (Å²) in [4.78, 5) is 22.0. The molecule has 3 rings (SSSR count). The summed E-state index contributed by atoms with van der Waals surface area (Å²) in [5.41, 5.74) is 4.81. The van der Waals surface area contributed by atoms with Crippen molar-refractivity contribution in [1.29, 1.82) is 0 Å². The van der Waals surface area contributed by atoms with E-state index in [4.69, 9.17) is 4.98 Å². The molecule has 0 aliphatic carbocycles. The van der Waals surface area contributed by atoms with Gasteiger partial charge < -0.3 is 4.90 Å². The van der Waals surface area contributed by atoms with Gasteiger partial charge in [-0.25, -0.2) is 4.98 Å². The van der Waals surface area contributed by atoms with Crippen molar-refractivity contribution in [2.75, 3.05) is 32.1 Å². The fourth-order valence-corrected chi connectivity index (χ4v) is 4.22. The molecule has 2 heterocycles. The Kier molecular flexibility index (Phi) is 5.86. The smallest absolute Gasteiger partial charge is 0.280 e. The third kappa shape index (κ3) is 3.95. The van der Waals surface area contributed by atoms with Crippen LogP contribution in [0.1, 0.15) is 47.2 Å². The summed E-state index contributed by atoms with van der Waals surface area (Å²) in [6, 6.07) is 6.28. The van der Waals surface area contributed by atoms with Crippen LogP contribution in [0, 0.1) is 20.8 Å². The lowest BCUT2D eigenvalue weighted by molar-refractivity contribution is 0.0979. The molecule has 1 amide bonds. The van der Waals surface area contributed by atoms with Crippen LogP contribution in [0.5, 0.6) is 0 Å². The highest BCUT2D eigenvalue weighted by Gasteiger charge is 2.25. The standard InChI is InChI=1S/C21H29N5OS/c1-13(2)26-15(4)12-17(23-26)20(27)25(11-10-24(6)7)21-22-19-16(5)14(3)8-9-18(19)28-21/h8-9,12-13H,10-11H2,1-7H3. The number of nitrogens with zero attached hydrogens (tertiary/aromatic N) is 5. The van der Waals surface area contributed by atoms with Crippen LogP contribution in [0.25, 0.3) is 10.2 Å². The molecule has 7 heteroatoms. The summed E-state index contributed by atoms with van der Waals surface area (Å²) < 4.78 is 2.99. The maximum Gasteiger partial charge on any atom is 0.280 e. The van der Waals surface area contributed by atoms with Gasteiger partial charge in [0.05, 0.1) is 10.2 Å². The number of fused-ring (bicyclic) bond motifs is 1. The van der Waals surface area contributed by atoms with Crippen molar-refractivity contribution in [3.05, 3.63) is 40.7 Å². The Bertz CT molecular complexity index is 1000. The number of hydrogen-bond donors (Lipinski definition) is 0. The third-order valence-electron chi connectivity index (χ3n) is 4.95. The molecule has 6 nitrogen and oxygen atoms in total. The van der Waals surface area contributed by atoms with Crippen LogP contribution < -0.4 is 4.90 Å². The topological polar surface area (TPSA) is 54.3 Å². The number of carbonyl (C=O) groups is 1. The number of benzene rings is 1. The molecular formula is C21H29N5OS. The van der Waals surface area contributed by atoms with Crippen molar-refractivity contribution >= 4 is 32.6 Å². The van der Waals surface area contributed by atoms with Crippen molar-refractivity contribution in [2.24, 2.45) is 0 Å². The number of carbonyl (C=O) groups excluding carboxylic acids is 1. The first-order chi connectivity index (χ1) is 13.2. The van der Waals surface area contributed by atoms with Crippen LogP contribution in [0.15, 0.2) is 18.2 Å². The molecule has 0 fully saturated rings. The first kappa shape index (κ1) is 20.5. The van der Waals surface area contributed by atoms with Crippen molar-refractivity contribution in [2.45, 2.75) is 40.7 Å². The Labute approximate surface area is 170 Å². The molecule has 0 aliphatic rings. The van der Waals surface area contributed by atoms with Gasteiger partial charge in [-0.15, -0.1) is 0 Å². The molecule has 0 spiro atoms. The maximum atomic E-state index is 13.4. The van der Waals surface area contributed by atoms with E-state index in [1.165, 1.54) is 11.1 Å². The highest BCUT2D eigenvalue weighted by atomic mass is 32.1. The van der Waals surface area contributed by atoms with Crippen LogP contribution >= 0.6 is 11.3 Å².